The number of rotatable bonds is 10. The Bertz CT molecular complexity index is 953. The molecule has 5 heteroatoms. The number of amides is 2. The summed E-state index contributed by atoms with van der Waals surface area (Å²) >= 11 is 0. The van der Waals surface area contributed by atoms with Gasteiger partial charge in [-0.25, -0.2) is 0 Å². The Hall–Kier alpha value is -2.82. The van der Waals surface area contributed by atoms with Crippen molar-refractivity contribution >= 4 is 11.8 Å². The zero-order valence-corrected chi connectivity index (χ0v) is 21.1. The standard InChI is InChI=1S/C30H40N2O3/c1-2-26(16-13-23-9-5-3-6-10-23)32-22-27(21-25-14-17-28(33)18-15-25)31(29(34)30(32)35)20-19-24-11-7-4-8-12-24/h4,7-8,11-12,14-15,17-18,23,26-27,33H,2-3,5-6,9-10,13,16,19-22H2,1H3/t26-,27-/m0/s1. The molecule has 0 spiro atoms. The molecule has 2 amide bonds. The van der Waals surface area contributed by atoms with E-state index in [0.717, 1.165) is 42.7 Å². The largest absolute Gasteiger partial charge is 0.508 e. The third-order valence-corrected chi connectivity index (χ3v) is 7.99. The number of hydrogen-bond donors (Lipinski definition) is 1. The van der Waals surface area contributed by atoms with Gasteiger partial charge in [-0.05, 0) is 61.3 Å². The van der Waals surface area contributed by atoms with Gasteiger partial charge in [-0.1, -0.05) is 81.5 Å². The van der Waals surface area contributed by atoms with Crippen molar-refractivity contribution in [2.75, 3.05) is 13.1 Å². The van der Waals surface area contributed by atoms with Crippen molar-refractivity contribution < 1.29 is 14.7 Å². The Labute approximate surface area is 210 Å². The molecule has 2 aromatic carbocycles. The molecule has 1 aliphatic carbocycles. The Morgan fingerprint density at radius 3 is 2.31 bits per heavy atom. The predicted molar refractivity (Wildman–Crippen MR) is 139 cm³/mol. The highest BCUT2D eigenvalue weighted by atomic mass is 16.3. The summed E-state index contributed by atoms with van der Waals surface area (Å²) < 4.78 is 0. The number of piperazine rings is 1. The van der Waals surface area contributed by atoms with Gasteiger partial charge >= 0.3 is 11.8 Å². The van der Waals surface area contributed by atoms with Crippen molar-refractivity contribution in [3.63, 3.8) is 0 Å². The first-order valence-corrected chi connectivity index (χ1v) is 13.5. The van der Waals surface area contributed by atoms with Crippen molar-refractivity contribution in [1.82, 2.24) is 9.80 Å². The van der Waals surface area contributed by atoms with Crippen molar-refractivity contribution in [3.05, 3.63) is 65.7 Å². The third kappa shape index (κ3) is 6.65. The zero-order chi connectivity index (χ0) is 24.6. The highest BCUT2D eigenvalue weighted by molar-refractivity contribution is 6.35. The summed E-state index contributed by atoms with van der Waals surface area (Å²) in [7, 11) is 0. The highest BCUT2D eigenvalue weighted by Gasteiger charge is 2.41. The van der Waals surface area contributed by atoms with Gasteiger partial charge in [0.1, 0.15) is 5.75 Å². The highest BCUT2D eigenvalue weighted by Crippen LogP contribution is 2.30. The summed E-state index contributed by atoms with van der Waals surface area (Å²) in [6, 6.07) is 17.4. The van der Waals surface area contributed by atoms with Crippen LogP contribution in [-0.2, 0) is 22.4 Å². The monoisotopic (exact) mass is 476 g/mol. The van der Waals surface area contributed by atoms with Gasteiger partial charge in [-0.3, -0.25) is 9.59 Å². The summed E-state index contributed by atoms with van der Waals surface area (Å²) in [5, 5.41) is 9.70. The number of benzene rings is 2. The molecule has 5 nitrogen and oxygen atoms in total. The van der Waals surface area contributed by atoms with E-state index in [1.807, 2.05) is 35.2 Å². The molecule has 0 aromatic heterocycles. The maximum absolute atomic E-state index is 13.4. The fourth-order valence-electron chi connectivity index (χ4n) is 5.88. The molecule has 4 rings (SSSR count). The van der Waals surface area contributed by atoms with Crippen LogP contribution in [0.5, 0.6) is 5.75 Å². The lowest BCUT2D eigenvalue weighted by Crippen LogP contribution is -2.62. The lowest BCUT2D eigenvalue weighted by Gasteiger charge is -2.44. The maximum Gasteiger partial charge on any atom is 0.312 e. The number of nitrogens with zero attached hydrogens (tertiary/aromatic N) is 2. The molecule has 1 saturated carbocycles. The molecule has 0 radical (unpaired) electrons. The van der Waals surface area contributed by atoms with Crippen LogP contribution in [0.3, 0.4) is 0 Å². The second-order valence-corrected chi connectivity index (χ2v) is 10.4. The second-order valence-electron chi connectivity index (χ2n) is 10.4. The molecule has 2 aliphatic rings. The van der Waals surface area contributed by atoms with Gasteiger partial charge in [0.15, 0.2) is 0 Å². The van der Waals surface area contributed by atoms with E-state index in [2.05, 4.69) is 19.1 Å². The molecule has 1 heterocycles. The minimum absolute atomic E-state index is 0.0721. The molecule has 2 fully saturated rings. The molecule has 1 saturated heterocycles. The fourth-order valence-corrected chi connectivity index (χ4v) is 5.88. The van der Waals surface area contributed by atoms with E-state index >= 15 is 0 Å². The molecule has 0 bridgehead atoms. The molecule has 35 heavy (non-hydrogen) atoms. The Kier molecular flexibility index (Phi) is 8.84. The van der Waals surface area contributed by atoms with Gasteiger partial charge in [-0.2, -0.15) is 0 Å². The number of carbonyl (C=O) groups is 2. The van der Waals surface area contributed by atoms with Gasteiger partial charge in [0.05, 0.1) is 6.04 Å². The average Bonchev–Trinajstić information content (AvgIpc) is 2.89. The van der Waals surface area contributed by atoms with E-state index in [1.165, 1.54) is 32.1 Å². The minimum atomic E-state index is -0.368. The summed E-state index contributed by atoms with van der Waals surface area (Å²) in [5.41, 5.74) is 2.23. The second kappa shape index (κ2) is 12.2. The van der Waals surface area contributed by atoms with Crippen LogP contribution in [0.15, 0.2) is 54.6 Å². The minimum Gasteiger partial charge on any atom is -0.508 e. The summed E-state index contributed by atoms with van der Waals surface area (Å²) in [6.45, 7) is 3.24. The van der Waals surface area contributed by atoms with E-state index in [9.17, 15) is 14.7 Å². The molecule has 2 atom stereocenters. The third-order valence-electron chi connectivity index (χ3n) is 7.99. The van der Waals surface area contributed by atoms with E-state index in [-0.39, 0.29) is 29.6 Å². The SMILES string of the molecule is CC[C@@H](CCC1CCCCC1)N1C[C@H](Cc2ccc(O)cc2)N(CCc2ccccc2)C(=O)C1=O. The predicted octanol–water partition coefficient (Wildman–Crippen LogP) is 5.36. The van der Waals surface area contributed by atoms with E-state index < -0.39 is 0 Å². The van der Waals surface area contributed by atoms with Crippen LogP contribution < -0.4 is 0 Å². The first kappa shape index (κ1) is 25.3. The van der Waals surface area contributed by atoms with Gasteiger partial charge in [-0.15, -0.1) is 0 Å². The van der Waals surface area contributed by atoms with E-state index in [4.69, 9.17) is 0 Å². The molecule has 0 unspecified atom stereocenters. The van der Waals surface area contributed by atoms with Crippen molar-refractivity contribution in [1.29, 1.82) is 0 Å². The molecule has 1 N–H and O–H groups in total. The average molecular weight is 477 g/mol. The number of phenolic OH excluding ortho intramolecular Hbond substituents is 1. The Morgan fingerprint density at radius 1 is 0.914 bits per heavy atom. The van der Waals surface area contributed by atoms with Crippen molar-refractivity contribution in [2.24, 2.45) is 5.92 Å². The van der Waals surface area contributed by atoms with Gasteiger partial charge in [0.25, 0.3) is 0 Å². The first-order valence-electron chi connectivity index (χ1n) is 13.5. The number of carbonyl (C=O) groups excluding carboxylic acids is 2. The van der Waals surface area contributed by atoms with Crippen LogP contribution in [0.1, 0.15) is 69.4 Å². The van der Waals surface area contributed by atoms with Crippen LogP contribution in [0.2, 0.25) is 0 Å². The normalized spacial score (nSPS) is 20.3. The van der Waals surface area contributed by atoms with Crippen LogP contribution in [-0.4, -0.2) is 51.9 Å². The topological polar surface area (TPSA) is 60.9 Å². The maximum atomic E-state index is 13.4. The van der Waals surface area contributed by atoms with Crippen LogP contribution in [0.4, 0.5) is 0 Å². The summed E-state index contributed by atoms with van der Waals surface area (Å²) in [4.78, 5) is 30.5. The number of hydrogen-bond acceptors (Lipinski definition) is 3. The molecular formula is C30H40N2O3. The quantitative estimate of drug-likeness (QED) is 0.470. The molecule has 2 aromatic rings. The van der Waals surface area contributed by atoms with Crippen LogP contribution in [0.25, 0.3) is 0 Å². The molecular weight excluding hydrogens is 436 g/mol. The zero-order valence-electron chi connectivity index (χ0n) is 21.1. The van der Waals surface area contributed by atoms with E-state index in [0.29, 0.717) is 19.5 Å². The smallest absolute Gasteiger partial charge is 0.312 e. The van der Waals surface area contributed by atoms with Crippen LogP contribution >= 0.6 is 0 Å². The van der Waals surface area contributed by atoms with Crippen LogP contribution in [0, 0.1) is 5.92 Å². The van der Waals surface area contributed by atoms with Gasteiger partial charge < -0.3 is 14.9 Å². The van der Waals surface area contributed by atoms with Gasteiger partial charge in [0, 0.05) is 19.1 Å². The molecule has 188 valence electrons. The Morgan fingerprint density at radius 2 is 1.63 bits per heavy atom. The van der Waals surface area contributed by atoms with Crippen molar-refractivity contribution in [2.45, 2.75) is 83.2 Å². The number of aromatic hydroxyl groups is 1. The molecule has 1 aliphatic heterocycles. The van der Waals surface area contributed by atoms with Gasteiger partial charge in [0.2, 0.25) is 0 Å². The van der Waals surface area contributed by atoms with E-state index in [1.54, 1.807) is 17.0 Å². The summed E-state index contributed by atoms with van der Waals surface area (Å²) in [5.74, 6) is 0.297. The Balaban J connectivity index is 1.49. The summed E-state index contributed by atoms with van der Waals surface area (Å²) in [6.07, 6.45) is 11.0. The van der Waals surface area contributed by atoms with Crippen molar-refractivity contribution in [3.8, 4) is 5.75 Å². The lowest BCUT2D eigenvalue weighted by molar-refractivity contribution is -0.161. The number of phenols is 1. The lowest BCUT2D eigenvalue weighted by atomic mass is 9.84. The fraction of sp³-hybridized carbons (Fsp3) is 0.533. The first-order chi connectivity index (χ1) is 17.0.